The number of nitro benzene ring substituents is 1. The Morgan fingerprint density at radius 3 is 2.30 bits per heavy atom. The SMILES string of the molecule is N#C/C(=C\c1cc(Cl)c(OCc2cccc(Cl)c2)c(Cl)c1)c1ccc([N+](=O)[O-])cc1. The highest BCUT2D eigenvalue weighted by atomic mass is 35.5. The molecule has 0 amide bonds. The van der Waals surface area contributed by atoms with Gasteiger partial charge in [0, 0.05) is 17.2 Å². The van der Waals surface area contributed by atoms with Crippen LogP contribution in [0.5, 0.6) is 5.75 Å². The second-order valence-electron chi connectivity index (χ2n) is 6.21. The zero-order valence-electron chi connectivity index (χ0n) is 15.3. The molecule has 30 heavy (non-hydrogen) atoms. The van der Waals surface area contributed by atoms with E-state index in [1.165, 1.54) is 24.3 Å². The van der Waals surface area contributed by atoms with Gasteiger partial charge in [-0.2, -0.15) is 5.26 Å². The number of hydrogen-bond donors (Lipinski definition) is 0. The van der Waals surface area contributed by atoms with E-state index in [1.807, 2.05) is 12.1 Å². The number of nitro groups is 1. The molecule has 0 fully saturated rings. The molecule has 0 aliphatic rings. The summed E-state index contributed by atoms with van der Waals surface area (Å²) in [6, 6.07) is 18.3. The number of allylic oxidation sites excluding steroid dienone is 1. The number of halogens is 3. The van der Waals surface area contributed by atoms with Crippen molar-refractivity contribution in [3.63, 3.8) is 0 Å². The molecule has 0 saturated carbocycles. The van der Waals surface area contributed by atoms with Crippen LogP contribution >= 0.6 is 34.8 Å². The molecule has 5 nitrogen and oxygen atoms in total. The van der Waals surface area contributed by atoms with Crippen molar-refractivity contribution in [2.75, 3.05) is 0 Å². The van der Waals surface area contributed by atoms with Crippen LogP contribution in [-0.2, 0) is 6.61 Å². The Hall–Kier alpha value is -3.04. The van der Waals surface area contributed by atoms with Crippen molar-refractivity contribution in [2.45, 2.75) is 6.61 Å². The van der Waals surface area contributed by atoms with Crippen LogP contribution in [0.2, 0.25) is 15.1 Å². The highest BCUT2D eigenvalue weighted by Gasteiger charge is 2.12. The molecular formula is C22H13Cl3N2O3. The van der Waals surface area contributed by atoms with Crippen molar-refractivity contribution < 1.29 is 9.66 Å². The Kier molecular flexibility index (Phi) is 6.96. The van der Waals surface area contributed by atoms with Gasteiger partial charge in [0.15, 0.2) is 5.75 Å². The first kappa shape index (κ1) is 21.7. The fraction of sp³-hybridized carbons (Fsp3) is 0.0455. The van der Waals surface area contributed by atoms with E-state index in [9.17, 15) is 15.4 Å². The van der Waals surface area contributed by atoms with Crippen LogP contribution in [0.3, 0.4) is 0 Å². The zero-order chi connectivity index (χ0) is 21.7. The molecule has 0 N–H and O–H groups in total. The van der Waals surface area contributed by atoms with Gasteiger partial charge >= 0.3 is 0 Å². The summed E-state index contributed by atoms with van der Waals surface area (Å²) < 4.78 is 5.74. The second-order valence-corrected chi connectivity index (χ2v) is 7.46. The third kappa shape index (κ3) is 5.31. The molecule has 3 aromatic carbocycles. The van der Waals surface area contributed by atoms with Crippen molar-refractivity contribution in [1.82, 2.24) is 0 Å². The molecule has 0 spiro atoms. The fourth-order valence-corrected chi connectivity index (χ4v) is 3.52. The summed E-state index contributed by atoms with van der Waals surface area (Å²) in [7, 11) is 0. The quantitative estimate of drug-likeness (QED) is 0.169. The molecule has 0 aliphatic heterocycles. The van der Waals surface area contributed by atoms with Gasteiger partial charge in [-0.05, 0) is 59.2 Å². The molecule has 150 valence electrons. The number of ether oxygens (including phenoxy) is 1. The van der Waals surface area contributed by atoms with Crippen LogP contribution in [0.25, 0.3) is 11.6 Å². The highest BCUT2D eigenvalue weighted by molar-refractivity contribution is 6.37. The van der Waals surface area contributed by atoms with Gasteiger partial charge in [0.2, 0.25) is 0 Å². The highest BCUT2D eigenvalue weighted by Crippen LogP contribution is 2.36. The van der Waals surface area contributed by atoms with Gasteiger partial charge in [-0.3, -0.25) is 10.1 Å². The number of nitrogens with zero attached hydrogens (tertiary/aromatic N) is 2. The lowest BCUT2D eigenvalue weighted by atomic mass is 10.0. The maximum absolute atomic E-state index is 10.8. The van der Waals surface area contributed by atoms with Crippen LogP contribution in [0, 0.1) is 21.4 Å². The molecule has 0 aromatic heterocycles. The average molecular weight is 460 g/mol. The van der Waals surface area contributed by atoms with Crippen molar-refractivity contribution in [2.24, 2.45) is 0 Å². The Morgan fingerprint density at radius 2 is 1.73 bits per heavy atom. The molecule has 0 aliphatic carbocycles. The predicted molar refractivity (Wildman–Crippen MR) is 119 cm³/mol. The second kappa shape index (κ2) is 9.64. The van der Waals surface area contributed by atoms with Crippen LogP contribution < -0.4 is 4.74 Å². The summed E-state index contributed by atoms with van der Waals surface area (Å²) in [5, 5.41) is 21.5. The average Bonchev–Trinajstić information content (AvgIpc) is 2.71. The monoisotopic (exact) mass is 458 g/mol. The van der Waals surface area contributed by atoms with E-state index in [0.29, 0.717) is 27.5 Å². The number of nitriles is 1. The lowest BCUT2D eigenvalue weighted by Gasteiger charge is -2.11. The van der Waals surface area contributed by atoms with Crippen molar-refractivity contribution in [1.29, 1.82) is 5.26 Å². The Balaban J connectivity index is 1.84. The van der Waals surface area contributed by atoms with Crippen molar-refractivity contribution >= 4 is 52.1 Å². The molecule has 0 heterocycles. The standard InChI is InChI=1S/C22H13Cl3N2O3/c23-18-3-1-2-14(9-18)13-30-22-20(24)10-15(11-21(22)25)8-17(12-26)16-4-6-19(7-5-16)27(28)29/h1-11H,13H2/b17-8+. The van der Waals surface area contributed by atoms with E-state index in [1.54, 1.807) is 30.3 Å². The van der Waals surface area contributed by atoms with Crippen molar-refractivity contribution in [3.05, 3.63) is 103 Å². The van der Waals surface area contributed by atoms with Crippen LogP contribution in [0.15, 0.2) is 60.7 Å². The molecule has 8 heteroatoms. The molecule has 3 aromatic rings. The molecule has 0 bridgehead atoms. The summed E-state index contributed by atoms with van der Waals surface area (Å²) in [6.45, 7) is 0.238. The minimum absolute atomic E-state index is 0.0525. The number of benzene rings is 3. The zero-order valence-corrected chi connectivity index (χ0v) is 17.6. The van der Waals surface area contributed by atoms with E-state index >= 15 is 0 Å². The van der Waals surface area contributed by atoms with Gasteiger partial charge in [-0.15, -0.1) is 0 Å². The van der Waals surface area contributed by atoms with Gasteiger partial charge in [-0.1, -0.05) is 46.9 Å². The maximum atomic E-state index is 10.8. The summed E-state index contributed by atoms with van der Waals surface area (Å²) in [5.41, 5.74) is 2.25. The normalized spacial score (nSPS) is 11.1. The smallest absolute Gasteiger partial charge is 0.269 e. The Labute approximate surface area is 187 Å². The topological polar surface area (TPSA) is 76.2 Å². The summed E-state index contributed by atoms with van der Waals surface area (Å²) in [4.78, 5) is 10.3. The molecule has 3 rings (SSSR count). The van der Waals surface area contributed by atoms with Crippen molar-refractivity contribution in [3.8, 4) is 11.8 Å². The maximum Gasteiger partial charge on any atom is 0.269 e. The minimum atomic E-state index is -0.499. The van der Waals surface area contributed by atoms with Gasteiger partial charge < -0.3 is 4.74 Å². The minimum Gasteiger partial charge on any atom is -0.486 e. The summed E-state index contributed by atoms with van der Waals surface area (Å²) in [6.07, 6.45) is 1.60. The largest absolute Gasteiger partial charge is 0.486 e. The van der Waals surface area contributed by atoms with Gasteiger partial charge in [-0.25, -0.2) is 0 Å². The lowest BCUT2D eigenvalue weighted by Crippen LogP contribution is -1.97. The van der Waals surface area contributed by atoms with E-state index in [4.69, 9.17) is 39.5 Å². The van der Waals surface area contributed by atoms with E-state index in [-0.39, 0.29) is 22.3 Å². The third-order valence-electron chi connectivity index (χ3n) is 4.11. The molecule has 0 atom stereocenters. The third-order valence-corrected chi connectivity index (χ3v) is 4.91. The number of hydrogen-bond acceptors (Lipinski definition) is 4. The Morgan fingerprint density at radius 1 is 1.07 bits per heavy atom. The summed E-state index contributed by atoms with van der Waals surface area (Å²) in [5.74, 6) is 0.323. The first-order valence-electron chi connectivity index (χ1n) is 8.60. The lowest BCUT2D eigenvalue weighted by molar-refractivity contribution is -0.384. The predicted octanol–water partition coefficient (Wildman–Crippen LogP) is 7.20. The molecule has 0 radical (unpaired) electrons. The fourth-order valence-electron chi connectivity index (χ4n) is 2.69. The van der Waals surface area contributed by atoms with E-state index < -0.39 is 4.92 Å². The van der Waals surface area contributed by atoms with Crippen LogP contribution in [0.1, 0.15) is 16.7 Å². The van der Waals surface area contributed by atoms with Crippen LogP contribution in [-0.4, -0.2) is 4.92 Å². The van der Waals surface area contributed by atoms with Crippen LogP contribution in [0.4, 0.5) is 5.69 Å². The molecular weight excluding hydrogens is 447 g/mol. The first-order valence-corrected chi connectivity index (χ1v) is 9.73. The number of non-ortho nitro benzene ring substituents is 1. The summed E-state index contributed by atoms with van der Waals surface area (Å²) >= 11 is 18.6. The first-order chi connectivity index (χ1) is 14.4. The van der Waals surface area contributed by atoms with Gasteiger partial charge in [0.05, 0.1) is 26.6 Å². The van der Waals surface area contributed by atoms with Gasteiger partial charge in [0.1, 0.15) is 6.61 Å². The molecule has 0 unspecified atom stereocenters. The van der Waals surface area contributed by atoms with E-state index in [0.717, 1.165) is 5.56 Å². The Bertz CT molecular complexity index is 1150. The van der Waals surface area contributed by atoms with E-state index in [2.05, 4.69) is 6.07 Å². The number of rotatable bonds is 6. The molecule has 0 saturated heterocycles. The van der Waals surface area contributed by atoms with Gasteiger partial charge in [0.25, 0.3) is 5.69 Å².